The summed E-state index contributed by atoms with van der Waals surface area (Å²) >= 11 is 0. The van der Waals surface area contributed by atoms with Crippen molar-refractivity contribution in [2.24, 2.45) is 5.92 Å². The number of ether oxygens (including phenoxy) is 2. The van der Waals surface area contributed by atoms with Gasteiger partial charge >= 0.3 is 0 Å². The SMILES string of the molecule is CC1(C)O[C@@H]2CO[C@@H]3N(Cc4ccccc4)OC[C@H]1[C@@]32O. The molecule has 3 fully saturated rings. The first kappa shape index (κ1) is 13.7. The Morgan fingerprint density at radius 1 is 1.24 bits per heavy atom. The van der Waals surface area contributed by atoms with E-state index in [9.17, 15) is 5.11 Å². The van der Waals surface area contributed by atoms with Gasteiger partial charge in [-0.15, -0.1) is 0 Å². The molecule has 0 bridgehead atoms. The monoisotopic (exact) mass is 291 g/mol. The molecular formula is C16H21NO4. The molecular weight excluding hydrogens is 270 g/mol. The molecule has 0 radical (unpaired) electrons. The zero-order valence-corrected chi connectivity index (χ0v) is 12.4. The van der Waals surface area contributed by atoms with Gasteiger partial charge in [-0.25, -0.2) is 0 Å². The number of hydroxylamine groups is 2. The molecule has 0 amide bonds. The van der Waals surface area contributed by atoms with E-state index in [2.05, 4.69) is 0 Å². The van der Waals surface area contributed by atoms with Crippen LogP contribution in [0, 0.1) is 5.92 Å². The summed E-state index contributed by atoms with van der Waals surface area (Å²) < 4.78 is 11.8. The van der Waals surface area contributed by atoms with Gasteiger partial charge < -0.3 is 14.6 Å². The molecule has 3 aliphatic rings. The smallest absolute Gasteiger partial charge is 0.165 e. The van der Waals surface area contributed by atoms with E-state index in [1.165, 1.54) is 0 Å². The second-order valence-corrected chi connectivity index (χ2v) is 6.69. The van der Waals surface area contributed by atoms with E-state index in [1.54, 1.807) is 5.06 Å². The Morgan fingerprint density at radius 3 is 2.76 bits per heavy atom. The largest absolute Gasteiger partial charge is 0.382 e. The quantitative estimate of drug-likeness (QED) is 0.890. The lowest BCUT2D eigenvalue weighted by atomic mass is 9.77. The fourth-order valence-electron chi connectivity index (χ4n) is 3.91. The zero-order chi connectivity index (χ0) is 14.7. The Labute approximate surface area is 124 Å². The van der Waals surface area contributed by atoms with Gasteiger partial charge in [0.1, 0.15) is 11.7 Å². The Hall–Kier alpha value is -0.980. The van der Waals surface area contributed by atoms with Gasteiger partial charge in [-0.1, -0.05) is 30.3 Å². The summed E-state index contributed by atoms with van der Waals surface area (Å²) in [5.74, 6) is -0.0745. The van der Waals surface area contributed by atoms with E-state index < -0.39 is 11.8 Å². The van der Waals surface area contributed by atoms with Crippen molar-refractivity contribution in [3.8, 4) is 0 Å². The van der Waals surface area contributed by atoms with E-state index >= 15 is 0 Å². The van der Waals surface area contributed by atoms with Crippen LogP contribution in [0.1, 0.15) is 19.4 Å². The van der Waals surface area contributed by atoms with Crippen molar-refractivity contribution in [3.05, 3.63) is 35.9 Å². The molecule has 0 aromatic heterocycles. The van der Waals surface area contributed by atoms with Crippen LogP contribution in [0.4, 0.5) is 0 Å². The fourth-order valence-corrected chi connectivity index (χ4v) is 3.91. The van der Waals surface area contributed by atoms with Crippen LogP contribution in [0.5, 0.6) is 0 Å². The topological polar surface area (TPSA) is 51.2 Å². The third-order valence-corrected chi connectivity index (χ3v) is 5.01. The van der Waals surface area contributed by atoms with Crippen molar-refractivity contribution in [1.29, 1.82) is 0 Å². The second kappa shape index (κ2) is 4.51. The van der Waals surface area contributed by atoms with Crippen molar-refractivity contribution >= 4 is 0 Å². The summed E-state index contributed by atoms with van der Waals surface area (Å²) in [7, 11) is 0. The Balaban J connectivity index is 1.61. The number of hydrogen-bond donors (Lipinski definition) is 1. The molecule has 3 heterocycles. The molecule has 21 heavy (non-hydrogen) atoms. The van der Waals surface area contributed by atoms with E-state index in [0.29, 0.717) is 19.8 Å². The third-order valence-electron chi connectivity index (χ3n) is 5.01. The minimum Gasteiger partial charge on any atom is -0.382 e. The van der Waals surface area contributed by atoms with Crippen molar-refractivity contribution in [2.45, 2.75) is 43.9 Å². The van der Waals surface area contributed by atoms with Crippen molar-refractivity contribution in [2.75, 3.05) is 13.2 Å². The molecule has 0 spiro atoms. The van der Waals surface area contributed by atoms with Crippen LogP contribution in [0.2, 0.25) is 0 Å². The van der Waals surface area contributed by atoms with Gasteiger partial charge in [-0.2, -0.15) is 5.06 Å². The van der Waals surface area contributed by atoms with Crippen LogP contribution < -0.4 is 0 Å². The Morgan fingerprint density at radius 2 is 2.00 bits per heavy atom. The molecule has 4 atom stereocenters. The number of aliphatic hydroxyl groups is 1. The number of rotatable bonds is 2. The summed E-state index contributed by atoms with van der Waals surface area (Å²) in [6.07, 6.45) is -0.743. The molecule has 0 unspecified atom stereocenters. The zero-order valence-electron chi connectivity index (χ0n) is 12.4. The molecule has 0 aliphatic carbocycles. The molecule has 4 rings (SSSR count). The summed E-state index contributed by atoms with van der Waals surface area (Å²) in [5.41, 5.74) is -0.249. The molecule has 5 heteroatoms. The Bertz CT molecular complexity index is 534. The summed E-state index contributed by atoms with van der Waals surface area (Å²) in [5, 5.41) is 13.0. The van der Waals surface area contributed by atoms with Gasteiger partial charge in [0.2, 0.25) is 0 Å². The van der Waals surface area contributed by atoms with Crippen LogP contribution in [-0.2, 0) is 20.9 Å². The van der Waals surface area contributed by atoms with Gasteiger partial charge in [0.05, 0.1) is 25.4 Å². The highest BCUT2D eigenvalue weighted by Crippen LogP contribution is 2.52. The first-order valence-corrected chi connectivity index (χ1v) is 7.47. The standard InChI is InChI=1S/C16H21NO4/c1-15(2)12-9-20-17(8-11-6-4-3-5-7-11)14-16(12,18)13(21-15)10-19-14/h3-7,12-14,18H,8-10H2,1-2H3/t12-,13-,14+,16+/m1/s1. The molecule has 3 aliphatic heterocycles. The summed E-state index contributed by atoms with van der Waals surface area (Å²) in [4.78, 5) is 5.90. The average molecular weight is 291 g/mol. The predicted octanol–water partition coefficient (Wildman–Crippen LogP) is 1.31. The fraction of sp³-hybridized carbons (Fsp3) is 0.625. The second-order valence-electron chi connectivity index (χ2n) is 6.69. The van der Waals surface area contributed by atoms with Crippen molar-refractivity contribution in [3.63, 3.8) is 0 Å². The van der Waals surface area contributed by atoms with E-state index in [-0.39, 0.29) is 17.6 Å². The van der Waals surface area contributed by atoms with Crippen LogP contribution in [0.25, 0.3) is 0 Å². The van der Waals surface area contributed by atoms with E-state index in [1.807, 2.05) is 44.2 Å². The molecule has 1 aromatic rings. The first-order valence-electron chi connectivity index (χ1n) is 7.47. The molecule has 3 saturated heterocycles. The summed E-state index contributed by atoms with van der Waals surface area (Å²) in [6.45, 7) is 5.48. The van der Waals surface area contributed by atoms with Gasteiger partial charge in [0, 0.05) is 5.92 Å². The van der Waals surface area contributed by atoms with Crippen molar-refractivity contribution < 1.29 is 19.4 Å². The summed E-state index contributed by atoms with van der Waals surface area (Å²) in [6, 6.07) is 10.1. The van der Waals surface area contributed by atoms with Gasteiger partial charge in [0.15, 0.2) is 6.23 Å². The number of hydrogen-bond acceptors (Lipinski definition) is 5. The highest BCUT2D eigenvalue weighted by molar-refractivity contribution is 5.17. The van der Waals surface area contributed by atoms with Crippen LogP contribution in [-0.4, -0.2) is 46.9 Å². The maximum absolute atomic E-state index is 11.2. The molecule has 114 valence electrons. The molecule has 1 N–H and O–H groups in total. The normalized spacial score (nSPS) is 41.2. The van der Waals surface area contributed by atoms with Crippen LogP contribution in [0.3, 0.4) is 0 Å². The molecule has 0 saturated carbocycles. The minimum absolute atomic E-state index is 0.0745. The molecule has 1 aromatic carbocycles. The Kier molecular flexibility index (Phi) is 2.93. The maximum atomic E-state index is 11.2. The van der Waals surface area contributed by atoms with Gasteiger partial charge in [-0.3, -0.25) is 4.84 Å². The van der Waals surface area contributed by atoms with Crippen LogP contribution >= 0.6 is 0 Å². The predicted molar refractivity (Wildman–Crippen MR) is 75.1 cm³/mol. The van der Waals surface area contributed by atoms with Crippen LogP contribution in [0.15, 0.2) is 30.3 Å². The molecule has 5 nitrogen and oxygen atoms in total. The van der Waals surface area contributed by atoms with Crippen molar-refractivity contribution in [1.82, 2.24) is 5.06 Å². The first-order chi connectivity index (χ1) is 10.0. The van der Waals surface area contributed by atoms with E-state index in [4.69, 9.17) is 14.3 Å². The lowest BCUT2D eigenvalue weighted by molar-refractivity contribution is -0.335. The number of benzene rings is 1. The average Bonchev–Trinajstić information content (AvgIpc) is 2.87. The lowest BCUT2D eigenvalue weighted by Gasteiger charge is -2.45. The maximum Gasteiger partial charge on any atom is 0.165 e. The highest BCUT2D eigenvalue weighted by Gasteiger charge is 2.70. The lowest BCUT2D eigenvalue weighted by Crippen LogP contribution is -2.63. The number of nitrogens with zero attached hydrogens (tertiary/aromatic N) is 1. The van der Waals surface area contributed by atoms with E-state index in [0.717, 1.165) is 5.56 Å². The van der Waals surface area contributed by atoms with Gasteiger partial charge in [0.25, 0.3) is 0 Å². The highest BCUT2D eigenvalue weighted by atomic mass is 16.7. The van der Waals surface area contributed by atoms with Gasteiger partial charge in [-0.05, 0) is 19.4 Å². The third kappa shape index (κ3) is 1.89. The minimum atomic E-state index is -0.990.